The third-order valence-corrected chi connectivity index (χ3v) is 40.7. The van der Waals surface area contributed by atoms with E-state index in [0.29, 0.717) is 171 Å². The van der Waals surface area contributed by atoms with Crippen LogP contribution in [-0.4, -0.2) is 174 Å². The predicted molar refractivity (Wildman–Crippen MR) is 535 cm³/mol. The molecule has 130 heavy (non-hydrogen) atoms. The molecule has 17 N–H and O–H groups in total. The molecule has 0 spiro atoms. The Morgan fingerprint density at radius 1 is 0.369 bits per heavy atom. The molecular formula is C107H203N9O12S2. The van der Waals surface area contributed by atoms with Gasteiger partial charge in [-0.1, -0.05) is 130 Å². The highest BCUT2D eigenvalue weighted by molar-refractivity contribution is 7.81. The normalized spacial score (nSPS) is 38.4. The fourth-order valence-corrected chi connectivity index (χ4v) is 33.6. The van der Waals surface area contributed by atoms with Crippen molar-refractivity contribution >= 4 is 26.6 Å². The summed E-state index contributed by atoms with van der Waals surface area (Å²) in [7, 11) is -8.91. The van der Waals surface area contributed by atoms with Crippen LogP contribution in [0.5, 0.6) is 0 Å². The summed E-state index contributed by atoms with van der Waals surface area (Å²) in [5, 5.41) is 57.7. The zero-order valence-corrected chi connectivity index (χ0v) is 86.0. The van der Waals surface area contributed by atoms with E-state index in [1.165, 1.54) is 193 Å². The minimum atomic E-state index is -4.46. The van der Waals surface area contributed by atoms with E-state index in [-0.39, 0.29) is 54.2 Å². The maximum atomic E-state index is 12.2. The van der Waals surface area contributed by atoms with Crippen LogP contribution < -0.4 is 49.1 Å². The van der Waals surface area contributed by atoms with Crippen molar-refractivity contribution in [3.8, 4) is 0 Å². The average molecular weight is 1870 g/mol. The van der Waals surface area contributed by atoms with Crippen LogP contribution in [0.15, 0.2) is 12.2 Å². The Labute approximate surface area is 795 Å². The van der Waals surface area contributed by atoms with E-state index in [2.05, 4.69) is 101 Å². The molecule has 32 atom stereocenters. The van der Waals surface area contributed by atoms with Gasteiger partial charge in [0.25, 0.3) is 0 Å². The molecule has 0 amide bonds. The lowest BCUT2D eigenvalue weighted by atomic mass is 9.43. The van der Waals surface area contributed by atoms with Crippen LogP contribution >= 0.6 is 0 Å². The number of carbonyl (C=O) groups is 1. The van der Waals surface area contributed by atoms with Gasteiger partial charge in [0.15, 0.2) is 5.78 Å². The van der Waals surface area contributed by atoms with E-state index in [1.54, 1.807) is 0 Å². The molecule has 12 fully saturated rings. The Kier molecular flexibility index (Phi) is 44.4. The van der Waals surface area contributed by atoms with Crippen LogP contribution in [-0.2, 0) is 34.0 Å². The SMILES string of the molecule is C.C=C(C)C(=O)CC[C@@H](C)C1CCC2C3C(CC[C@@]21C)[C@@]1(C)CC[C@H](NCCCNCCCCN)C[C@@H]1C[C@H]3O.CC(C)C(CC[C@@H](C)C1CCC2C3C(CC[C@@]21C)[C@@]1(C)CC[C@H](NCCCNCCCCCCCCN)C[C@@H]1C[C@H]3O)OS(=O)(=O)O.CC(C)C(CC[C@@H](C)C1CCC2C3C(CC[C@@]21C)[C@@]1(C)CC[C@H](NCCCNCCCCN)C[C@@H]1C[C@H]3O)OS(=O)(=O)O. The number of nitrogens with two attached hydrogens (primary N) is 3. The number of nitrogens with one attached hydrogen (secondary N) is 6. The average Bonchev–Trinajstić information content (AvgIpc) is 1.44. The number of aliphatic hydroxyl groups excluding tert-OH is 3. The molecule has 12 saturated carbocycles. The van der Waals surface area contributed by atoms with Crippen molar-refractivity contribution in [3.05, 3.63) is 12.2 Å². The first-order valence-corrected chi connectivity index (χ1v) is 56.9. The molecule has 0 bridgehead atoms. The van der Waals surface area contributed by atoms with E-state index in [1.807, 2.05) is 34.6 Å². The first kappa shape index (κ1) is 112. The topological polar surface area (TPSA) is 355 Å². The number of aliphatic hydroxyl groups is 3. The smallest absolute Gasteiger partial charge is 0.393 e. The zero-order chi connectivity index (χ0) is 93.9. The van der Waals surface area contributed by atoms with Gasteiger partial charge in [-0.3, -0.25) is 13.9 Å². The lowest BCUT2D eigenvalue weighted by Crippen LogP contribution is -2.59. The van der Waals surface area contributed by atoms with Crippen LogP contribution in [0.25, 0.3) is 0 Å². The number of hydrogen-bond donors (Lipinski definition) is 14. The Balaban J connectivity index is 0.000000220. The van der Waals surface area contributed by atoms with Crippen molar-refractivity contribution in [2.45, 2.75) is 429 Å². The summed E-state index contributed by atoms with van der Waals surface area (Å²) in [5.41, 5.74) is 19.2. The fraction of sp³-hybridized carbons (Fsp3) is 0.972. The molecule has 23 heteroatoms. The lowest BCUT2D eigenvalue weighted by molar-refractivity contribution is -0.167. The lowest BCUT2D eigenvalue weighted by Gasteiger charge is -2.62. The molecule has 12 aliphatic carbocycles. The van der Waals surface area contributed by atoms with Crippen LogP contribution in [0.1, 0.15) is 380 Å². The van der Waals surface area contributed by atoms with E-state index >= 15 is 0 Å². The van der Waals surface area contributed by atoms with Gasteiger partial charge < -0.3 is 64.4 Å². The van der Waals surface area contributed by atoms with E-state index in [0.717, 1.165) is 143 Å². The minimum absolute atomic E-state index is 0. The van der Waals surface area contributed by atoms with Crippen LogP contribution in [0.2, 0.25) is 0 Å². The highest BCUT2D eigenvalue weighted by atomic mass is 32.3. The third-order valence-electron chi connectivity index (χ3n) is 39.7. The van der Waals surface area contributed by atoms with Crippen molar-refractivity contribution in [2.75, 3.05) is 78.5 Å². The van der Waals surface area contributed by atoms with Gasteiger partial charge in [-0.2, -0.15) is 16.8 Å². The summed E-state index contributed by atoms with van der Waals surface area (Å²) < 4.78 is 74.3. The van der Waals surface area contributed by atoms with Crippen molar-refractivity contribution in [1.29, 1.82) is 0 Å². The van der Waals surface area contributed by atoms with Crippen molar-refractivity contribution in [1.82, 2.24) is 31.9 Å². The number of hydrogen-bond acceptors (Lipinski definition) is 19. The largest absolute Gasteiger partial charge is 0.397 e. The number of ketones is 1. The monoisotopic (exact) mass is 1870 g/mol. The second-order valence-electron chi connectivity index (χ2n) is 48.0. The molecule has 0 aliphatic heterocycles. The standard InChI is InChI=1S/C38H73N3O5S.C34H65N3O5S.C34H61N3O2.CH4/c1-27(2)35(46-47(43,44)45)16-13-28(3)31-14-15-32-36-33(18-20-38(31,32)5)37(4)19-17-30(25-29(37)26-34(36)42)41-24-12-23-40-22-11-9-7-6-8-10-21-39;1-23(2)31(42-43(39,40)41)12-9-24(3)27-10-11-28-32-29(14-16-34(27,28)5)33(4)15-13-26(21-25(33)22-30(32)38)37-20-8-19-36-18-7-6-17-35;1-23(2)30(38)12-9-24(3)27-10-11-28-32-29(14-16-34(27,28)5)33(4)15-13-26(21-25(33)22-31(32)39)37-20-8-19-36-18-7-6-17-35;/h27-36,40-42H,6-26,39H2,1-5H3,(H,43,44,45);23-32,36-38H,6-22,35H2,1-5H3,(H,39,40,41);24-29,31-32,36-37,39H,1,6-22,35H2,2-5H3;1H4/t28-,29-,30+,31?,32?,33?,34-,35?,36?,37+,38-;24-,25-,26+,27?,28?,29?,30-,31?,32?,33+,34-;24-,25-,26+,27?,28?,29?,31-,32?,33+,34-;/m111./s1. The number of unbranched alkanes of at least 4 members (excludes halogenated alkanes) is 7. The predicted octanol–water partition coefficient (Wildman–Crippen LogP) is 19.2. The molecule has 12 aliphatic rings. The van der Waals surface area contributed by atoms with E-state index in [4.69, 9.17) is 25.6 Å². The second-order valence-corrected chi connectivity index (χ2v) is 50.1. The zero-order valence-electron chi connectivity index (χ0n) is 84.4. The number of carbonyl (C=O) groups excluding carboxylic acids is 1. The molecule has 14 unspecified atom stereocenters. The van der Waals surface area contributed by atoms with Crippen LogP contribution in [0.4, 0.5) is 0 Å². The Bertz CT molecular complexity index is 3570. The van der Waals surface area contributed by atoms with Gasteiger partial charge in [0, 0.05) is 24.5 Å². The Morgan fingerprint density at radius 3 is 0.938 bits per heavy atom. The summed E-state index contributed by atoms with van der Waals surface area (Å²) in [6.45, 7) is 48.0. The second kappa shape index (κ2) is 51.4. The highest BCUT2D eigenvalue weighted by Crippen LogP contribution is 2.72. The summed E-state index contributed by atoms with van der Waals surface area (Å²) in [4.78, 5) is 12.2. The van der Waals surface area contributed by atoms with Gasteiger partial charge in [-0.25, -0.2) is 8.37 Å². The summed E-state index contributed by atoms with van der Waals surface area (Å²) in [5.74, 6) is 10.3. The quantitative estimate of drug-likeness (QED) is 0.0153. The van der Waals surface area contributed by atoms with Crippen molar-refractivity contribution < 1.29 is 54.4 Å². The van der Waals surface area contributed by atoms with E-state index < -0.39 is 33.0 Å². The van der Waals surface area contributed by atoms with Gasteiger partial charge in [0.1, 0.15) is 0 Å². The van der Waals surface area contributed by atoms with Gasteiger partial charge in [-0.15, -0.1) is 0 Å². The highest BCUT2D eigenvalue weighted by Gasteiger charge is 2.67. The van der Waals surface area contributed by atoms with Gasteiger partial charge >= 0.3 is 20.8 Å². The summed E-state index contributed by atoms with van der Waals surface area (Å²) in [6.07, 6.45) is 47.9. The van der Waals surface area contributed by atoms with Gasteiger partial charge in [0.05, 0.1) is 30.5 Å². The number of Topliss-reactive ketones (excluding diaryl/α,β-unsaturated/α-hetero) is 1. The first-order chi connectivity index (χ1) is 61.2. The number of fused-ring (bicyclic) bond motifs is 15. The third kappa shape index (κ3) is 28.6. The summed E-state index contributed by atoms with van der Waals surface area (Å²) >= 11 is 0. The van der Waals surface area contributed by atoms with Gasteiger partial charge in [0.2, 0.25) is 0 Å². The molecule has 21 nitrogen and oxygen atoms in total. The molecular weight excluding hydrogens is 1670 g/mol. The minimum Gasteiger partial charge on any atom is -0.393 e. The molecule has 12 rings (SSSR count). The molecule has 0 radical (unpaired) electrons. The molecule has 0 saturated heterocycles. The molecule has 760 valence electrons. The van der Waals surface area contributed by atoms with Gasteiger partial charge in [-0.05, 0) is 486 Å². The van der Waals surface area contributed by atoms with Crippen molar-refractivity contribution in [3.63, 3.8) is 0 Å². The van der Waals surface area contributed by atoms with Crippen LogP contribution in [0.3, 0.4) is 0 Å². The molecule has 0 aromatic rings. The number of allylic oxidation sites excluding steroid dienone is 1. The molecule has 0 heterocycles. The first-order valence-electron chi connectivity index (χ1n) is 54.2. The summed E-state index contributed by atoms with van der Waals surface area (Å²) in [6, 6.07) is 1.76. The molecule has 0 aromatic carbocycles. The Morgan fingerprint density at radius 2 is 0.638 bits per heavy atom. The van der Waals surface area contributed by atoms with Crippen LogP contribution in [0, 0.1) is 151 Å². The fourth-order valence-electron chi connectivity index (χ4n) is 32.3. The molecule has 0 aromatic heterocycles. The Hall–Kier alpha value is -1.33. The number of rotatable bonds is 50. The maximum absolute atomic E-state index is 12.2. The van der Waals surface area contributed by atoms with E-state index in [9.17, 15) is 46.1 Å². The van der Waals surface area contributed by atoms with Crippen molar-refractivity contribution in [2.24, 2.45) is 168 Å². The maximum Gasteiger partial charge on any atom is 0.397 e.